The van der Waals surface area contributed by atoms with E-state index >= 15 is 0 Å². The average Bonchev–Trinajstić information content (AvgIpc) is 2.36. The zero-order valence-electron chi connectivity index (χ0n) is 11.5. The Bertz CT molecular complexity index is 173. The lowest BCUT2D eigenvalue weighted by Crippen LogP contribution is -2.38. The molecule has 1 saturated heterocycles. The van der Waals surface area contributed by atoms with Crippen LogP contribution in [0.5, 0.6) is 0 Å². The number of ether oxygens (including phenoxy) is 2. The molecule has 0 radical (unpaired) electrons. The molecule has 0 aromatic rings. The van der Waals surface area contributed by atoms with E-state index in [1.807, 2.05) is 6.92 Å². The monoisotopic (exact) mass is 244 g/mol. The van der Waals surface area contributed by atoms with Crippen LogP contribution in [0.2, 0.25) is 0 Å². The van der Waals surface area contributed by atoms with Crippen molar-refractivity contribution in [3.8, 4) is 0 Å². The van der Waals surface area contributed by atoms with Crippen molar-refractivity contribution in [1.82, 2.24) is 9.80 Å². The second kappa shape index (κ2) is 9.83. The first kappa shape index (κ1) is 14.9. The number of hydrogen-bond donors (Lipinski definition) is 0. The molecule has 102 valence electrons. The van der Waals surface area contributed by atoms with Crippen LogP contribution < -0.4 is 0 Å². The highest BCUT2D eigenvalue weighted by atomic mass is 16.5. The fourth-order valence-electron chi connectivity index (χ4n) is 2.08. The summed E-state index contributed by atoms with van der Waals surface area (Å²) in [5, 5.41) is 0. The fraction of sp³-hybridized carbons (Fsp3) is 1.00. The number of hydrogen-bond acceptors (Lipinski definition) is 4. The van der Waals surface area contributed by atoms with Crippen LogP contribution in [-0.2, 0) is 9.47 Å². The van der Waals surface area contributed by atoms with Gasteiger partial charge in [0.2, 0.25) is 0 Å². The van der Waals surface area contributed by atoms with Gasteiger partial charge >= 0.3 is 0 Å². The highest BCUT2D eigenvalue weighted by Gasteiger charge is 2.09. The molecule has 0 N–H and O–H groups in total. The van der Waals surface area contributed by atoms with Crippen molar-refractivity contribution in [1.29, 1.82) is 0 Å². The summed E-state index contributed by atoms with van der Waals surface area (Å²) in [6.07, 6.45) is 2.40. The summed E-state index contributed by atoms with van der Waals surface area (Å²) in [5.41, 5.74) is 0. The van der Waals surface area contributed by atoms with Gasteiger partial charge in [0.15, 0.2) is 0 Å². The van der Waals surface area contributed by atoms with Gasteiger partial charge in [-0.2, -0.15) is 0 Å². The molecule has 0 aliphatic carbocycles. The summed E-state index contributed by atoms with van der Waals surface area (Å²) in [5.74, 6) is 0. The highest BCUT2D eigenvalue weighted by molar-refractivity contribution is 4.63. The van der Waals surface area contributed by atoms with E-state index < -0.39 is 0 Å². The highest BCUT2D eigenvalue weighted by Crippen LogP contribution is 1.99. The SMILES string of the molecule is CCOCCCN(C)CCCN1CCOCC1. The minimum atomic E-state index is 0.834. The van der Waals surface area contributed by atoms with Crippen molar-refractivity contribution in [2.24, 2.45) is 0 Å². The maximum Gasteiger partial charge on any atom is 0.0594 e. The largest absolute Gasteiger partial charge is 0.382 e. The molecule has 0 bridgehead atoms. The van der Waals surface area contributed by atoms with Crippen LogP contribution in [0.1, 0.15) is 19.8 Å². The van der Waals surface area contributed by atoms with Gasteiger partial charge < -0.3 is 14.4 Å². The second-order valence-electron chi connectivity index (χ2n) is 4.66. The molecular weight excluding hydrogens is 216 g/mol. The molecule has 1 rings (SSSR count). The third-order valence-corrected chi connectivity index (χ3v) is 3.15. The third-order valence-electron chi connectivity index (χ3n) is 3.15. The van der Waals surface area contributed by atoms with E-state index in [0.717, 1.165) is 52.5 Å². The Morgan fingerprint density at radius 1 is 1.18 bits per heavy atom. The van der Waals surface area contributed by atoms with Crippen LogP contribution in [0.4, 0.5) is 0 Å². The van der Waals surface area contributed by atoms with E-state index in [1.54, 1.807) is 0 Å². The summed E-state index contributed by atoms with van der Waals surface area (Å²) in [6.45, 7) is 11.3. The zero-order valence-corrected chi connectivity index (χ0v) is 11.5. The van der Waals surface area contributed by atoms with Crippen LogP contribution >= 0.6 is 0 Å². The van der Waals surface area contributed by atoms with Gasteiger partial charge in [-0.1, -0.05) is 0 Å². The van der Waals surface area contributed by atoms with E-state index in [1.165, 1.54) is 19.5 Å². The van der Waals surface area contributed by atoms with Crippen molar-refractivity contribution < 1.29 is 9.47 Å². The Labute approximate surface area is 106 Å². The van der Waals surface area contributed by atoms with Gasteiger partial charge in [0.1, 0.15) is 0 Å². The Balaban J connectivity index is 1.90. The minimum Gasteiger partial charge on any atom is -0.382 e. The Morgan fingerprint density at radius 3 is 2.59 bits per heavy atom. The summed E-state index contributed by atoms with van der Waals surface area (Å²) in [4.78, 5) is 4.90. The minimum absolute atomic E-state index is 0.834. The van der Waals surface area contributed by atoms with Gasteiger partial charge in [-0.25, -0.2) is 0 Å². The van der Waals surface area contributed by atoms with E-state index in [2.05, 4.69) is 16.8 Å². The van der Waals surface area contributed by atoms with E-state index in [9.17, 15) is 0 Å². The van der Waals surface area contributed by atoms with Gasteiger partial charge in [0.25, 0.3) is 0 Å². The normalized spacial score (nSPS) is 17.8. The molecule has 0 aromatic heterocycles. The molecule has 4 nitrogen and oxygen atoms in total. The molecule has 0 aromatic carbocycles. The molecule has 0 saturated carbocycles. The molecule has 4 heteroatoms. The van der Waals surface area contributed by atoms with Gasteiger partial charge in [-0.05, 0) is 39.9 Å². The Hall–Kier alpha value is -0.160. The zero-order chi connectivity index (χ0) is 12.3. The molecular formula is C13H28N2O2. The lowest BCUT2D eigenvalue weighted by Gasteiger charge is -2.27. The Morgan fingerprint density at radius 2 is 1.88 bits per heavy atom. The molecule has 17 heavy (non-hydrogen) atoms. The number of nitrogens with zero attached hydrogens (tertiary/aromatic N) is 2. The smallest absolute Gasteiger partial charge is 0.0594 e. The van der Waals surface area contributed by atoms with Crippen LogP contribution in [-0.4, -0.2) is 76.0 Å². The summed E-state index contributed by atoms with van der Waals surface area (Å²) >= 11 is 0. The van der Waals surface area contributed by atoms with Crippen LogP contribution in [0.25, 0.3) is 0 Å². The molecule has 1 aliphatic rings. The van der Waals surface area contributed by atoms with Gasteiger partial charge in [-0.15, -0.1) is 0 Å². The van der Waals surface area contributed by atoms with Crippen molar-refractivity contribution in [3.05, 3.63) is 0 Å². The second-order valence-corrected chi connectivity index (χ2v) is 4.66. The predicted molar refractivity (Wildman–Crippen MR) is 70.5 cm³/mol. The lowest BCUT2D eigenvalue weighted by atomic mass is 10.3. The average molecular weight is 244 g/mol. The van der Waals surface area contributed by atoms with Crippen molar-refractivity contribution in [2.75, 3.05) is 66.2 Å². The first-order valence-electron chi connectivity index (χ1n) is 6.89. The third kappa shape index (κ3) is 7.71. The number of rotatable bonds is 9. The van der Waals surface area contributed by atoms with Crippen LogP contribution in [0, 0.1) is 0 Å². The molecule has 1 aliphatic heterocycles. The topological polar surface area (TPSA) is 24.9 Å². The van der Waals surface area contributed by atoms with Gasteiger partial charge in [0, 0.05) is 32.8 Å². The first-order chi connectivity index (χ1) is 8.33. The lowest BCUT2D eigenvalue weighted by molar-refractivity contribution is 0.0363. The van der Waals surface area contributed by atoms with Crippen LogP contribution in [0.3, 0.4) is 0 Å². The maximum absolute atomic E-state index is 5.34. The van der Waals surface area contributed by atoms with Crippen molar-refractivity contribution in [2.45, 2.75) is 19.8 Å². The standard InChI is InChI=1S/C13H28N2O2/c1-3-16-11-5-7-14(2)6-4-8-15-9-12-17-13-10-15/h3-13H2,1-2H3. The maximum atomic E-state index is 5.34. The quantitative estimate of drug-likeness (QED) is 0.566. The van der Waals surface area contributed by atoms with Gasteiger partial charge in [-0.3, -0.25) is 4.90 Å². The number of morpholine rings is 1. The van der Waals surface area contributed by atoms with E-state index in [0.29, 0.717) is 0 Å². The Kier molecular flexibility index (Phi) is 8.61. The van der Waals surface area contributed by atoms with E-state index in [4.69, 9.17) is 9.47 Å². The molecule has 0 atom stereocenters. The molecule has 1 heterocycles. The van der Waals surface area contributed by atoms with Crippen LogP contribution in [0.15, 0.2) is 0 Å². The van der Waals surface area contributed by atoms with Gasteiger partial charge in [0.05, 0.1) is 13.2 Å². The van der Waals surface area contributed by atoms with E-state index in [-0.39, 0.29) is 0 Å². The fourth-order valence-corrected chi connectivity index (χ4v) is 2.08. The molecule has 1 fully saturated rings. The molecule has 0 amide bonds. The summed E-state index contributed by atoms with van der Waals surface area (Å²) in [6, 6.07) is 0. The molecule has 0 unspecified atom stereocenters. The summed E-state index contributed by atoms with van der Waals surface area (Å²) in [7, 11) is 2.20. The van der Waals surface area contributed by atoms with Crippen molar-refractivity contribution in [3.63, 3.8) is 0 Å². The predicted octanol–water partition coefficient (Wildman–Crippen LogP) is 1.07. The van der Waals surface area contributed by atoms with Crippen molar-refractivity contribution >= 4 is 0 Å². The first-order valence-corrected chi connectivity index (χ1v) is 6.89. The molecule has 0 spiro atoms. The summed E-state index contributed by atoms with van der Waals surface area (Å²) < 4.78 is 10.7.